The summed E-state index contributed by atoms with van der Waals surface area (Å²) in [6, 6.07) is 9.87. The van der Waals surface area contributed by atoms with Crippen molar-refractivity contribution < 1.29 is 10.0 Å². The number of non-ortho nitro benzene ring substituents is 1. The normalized spacial score (nSPS) is 10.7. The number of hydrogen-bond acceptors (Lipinski definition) is 6. The monoisotopic (exact) mass is 311 g/mol. The lowest BCUT2D eigenvalue weighted by molar-refractivity contribution is -0.384. The molecular weight excluding hydrogens is 298 g/mol. The van der Waals surface area contributed by atoms with Gasteiger partial charge in [-0.15, -0.1) is 5.10 Å². The van der Waals surface area contributed by atoms with Crippen molar-refractivity contribution >= 4 is 5.69 Å². The zero-order valence-corrected chi connectivity index (χ0v) is 12.0. The minimum Gasteiger partial charge on any atom is -0.390 e. The molecule has 0 unspecified atom stereocenters. The number of benzene rings is 1. The highest BCUT2D eigenvalue weighted by atomic mass is 16.6. The highest BCUT2D eigenvalue weighted by Gasteiger charge is 2.15. The molecule has 2 heterocycles. The highest BCUT2D eigenvalue weighted by Crippen LogP contribution is 2.23. The van der Waals surface area contributed by atoms with Crippen LogP contribution < -0.4 is 0 Å². The maximum atomic E-state index is 10.7. The van der Waals surface area contributed by atoms with E-state index in [9.17, 15) is 15.2 Å². The van der Waals surface area contributed by atoms with Crippen LogP contribution in [0.4, 0.5) is 5.69 Å². The zero-order valence-electron chi connectivity index (χ0n) is 12.0. The minimum absolute atomic E-state index is 0.0396. The summed E-state index contributed by atoms with van der Waals surface area (Å²) in [5.74, 6) is 0. The first-order chi connectivity index (χ1) is 11.2. The smallest absolute Gasteiger partial charge is 0.269 e. The van der Waals surface area contributed by atoms with Crippen LogP contribution in [-0.4, -0.2) is 30.0 Å². The Morgan fingerprint density at radius 2 is 1.83 bits per heavy atom. The number of aliphatic hydroxyl groups excluding tert-OH is 1. The van der Waals surface area contributed by atoms with Gasteiger partial charge in [-0.25, -0.2) is 4.68 Å². The second-order valence-electron chi connectivity index (χ2n) is 4.86. The summed E-state index contributed by atoms with van der Waals surface area (Å²) in [7, 11) is 0. The molecule has 2 aromatic heterocycles. The molecule has 116 valence electrons. The van der Waals surface area contributed by atoms with Gasteiger partial charge in [-0.1, -0.05) is 17.3 Å². The van der Waals surface area contributed by atoms with Crippen LogP contribution in [0.1, 0.15) is 11.3 Å². The van der Waals surface area contributed by atoms with Gasteiger partial charge in [-0.3, -0.25) is 15.1 Å². The van der Waals surface area contributed by atoms with Crippen LogP contribution >= 0.6 is 0 Å². The van der Waals surface area contributed by atoms with Crippen LogP contribution in [0.15, 0.2) is 48.8 Å². The Morgan fingerprint density at radius 1 is 1.13 bits per heavy atom. The molecule has 0 spiro atoms. The van der Waals surface area contributed by atoms with E-state index in [4.69, 9.17) is 0 Å². The molecule has 0 saturated carbocycles. The number of nitro groups is 1. The number of nitrogens with zero attached hydrogens (tertiary/aromatic N) is 5. The number of hydrogen-bond donors (Lipinski definition) is 1. The van der Waals surface area contributed by atoms with Crippen molar-refractivity contribution in [3.05, 3.63) is 70.2 Å². The molecule has 1 aromatic carbocycles. The van der Waals surface area contributed by atoms with Crippen molar-refractivity contribution in [1.82, 2.24) is 20.0 Å². The number of nitro benzene ring substituents is 1. The molecule has 3 aromatic rings. The number of rotatable bonds is 5. The van der Waals surface area contributed by atoms with Crippen molar-refractivity contribution in [3.63, 3.8) is 0 Å². The van der Waals surface area contributed by atoms with Crippen LogP contribution in [-0.2, 0) is 13.2 Å². The molecule has 0 aliphatic heterocycles. The van der Waals surface area contributed by atoms with E-state index >= 15 is 0 Å². The summed E-state index contributed by atoms with van der Waals surface area (Å²) in [4.78, 5) is 14.2. The van der Waals surface area contributed by atoms with Crippen molar-refractivity contribution in [2.45, 2.75) is 13.2 Å². The van der Waals surface area contributed by atoms with E-state index in [2.05, 4.69) is 15.3 Å². The van der Waals surface area contributed by atoms with Gasteiger partial charge < -0.3 is 5.11 Å². The van der Waals surface area contributed by atoms with Crippen molar-refractivity contribution in [3.8, 4) is 11.3 Å². The minimum atomic E-state index is -0.439. The van der Waals surface area contributed by atoms with Crippen LogP contribution in [0.25, 0.3) is 11.3 Å². The Labute approximate surface area is 131 Å². The molecule has 0 aliphatic rings. The third-order valence-corrected chi connectivity index (χ3v) is 3.39. The van der Waals surface area contributed by atoms with Crippen LogP contribution in [0, 0.1) is 10.1 Å². The van der Waals surface area contributed by atoms with Gasteiger partial charge in [0.05, 0.1) is 23.8 Å². The molecule has 1 N–H and O–H groups in total. The summed E-state index contributed by atoms with van der Waals surface area (Å²) >= 11 is 0. The molecule has 0 saturated heterocycles. The summed E-state index contributed by atoms with van der Waals surface area (Å²) in [5.41, 5.74) is 2.90. The lowest BCUT2D eigenvalue weighted by atomic mass is 10.1. The van der Waals surface area contributed by atoms with E-state index in [1.165, 1.54) is 12.1 Å². The maximum Gasteiger partial charge on any atom is 0.269 e. The first-order valence-electron chi connectivity index (χ1n) is 6.86. The Bertz CT molecular complexity index is 815. The Kier molecular flexibility index (Phi) is 4.07. The van der Waals surface area contributed by atoms with Gasteiger partial charge in [0.25, 0.3) is 5.69 Å². The van der Waals surface area contributed by atoms with Gasteiger partial charge in [0.15, 0.2) is 0 Å². The first-order valence-corrected chi connectivity index (χ1v) is 6.86. The molecule has 8 nitrogen and oxygen atoms in total. The fourth-order valence-corrected chi connectivity index (χ4v) is 2.29. The maximum absolute atomic E-state index is 10.7. The third-order valence-electron chi connectivity index (χ3n) is 3.39. The standard InChI is InChI=1S/C15H13N5O3/c21-10-14-15(12-5-7-16-8-6-12)19(18-17-14)9-11-1-3-13(4-2-11)20(22)23/h1-8,21H,9-10H2. The third kappa shape index (κ3) is 3.06. The van der Waals surface area contributed by atoms with E-state index in [-0.39, 0.29) is 12.3 Å². The summed E-state index contributed by atoms with van der Waals surface area (Å²) in [5, 5.41) is 28.2. The van der Waals surface area contributed by atoms with Crippen LogP contribution in [0.3, 0.4) is 0 Å². The molecule has 0 bridgehead atoms. The second-order valence-corrected chi connectivity index (χ2v) is 4.86. The molecule has 0 aliphatic carbocycles. The molecule has 0 atom stereocenters. The quantitative estimate of drug-likeness (QED) is 0.568. The number of aromatic nitrogens is 4. The SMILES string of the molecule is O=[N+]([O-])c1ccc(Cn2nnc(CO)c2-c2ccncc2)cc1. The first kappa shape index (κ1) is 14.8. The average Bonchev–Trinajstić information content (AvgIpc) is 2.99. The predicted octanol–water partition coefficient (Wildman–Crippen LogP) is 1.79. The molecule has 3 rings (SSSR count). The van der Waals surface area contributed by atoms with Crippen molar-refractivity contribution in [1.29, 1.82) is 0 Å². The van der Waals surface area contributed by atoms with Gasteiger partial charge in [-0.2, -0.15) is 0 Å². The van der Waals surface area contributed by atoms with Gasteiger partial charge in [0.1, 0.15) is 5.69 Å². The van der Waals surface area contributed by atoms with E-state index < -0.39 is 4.92 Å². The largest absolute Gasteiger partial charge is 0.390 e. The lowest BCUT2D eigenvalue weighted by Crippen LogP contribution is -2.05. The van der Waals surface area contributed by atoms with Crippen molar-refractivity contribution in [2.75, 3.05) is 0 Å². The van der Waals surface area contributed by atoms with E-state index in [0.717, 1.165) is 11.1 Å². The highest BCUT2D eigenvalue weighted by molar-refractivity contribution is 5.61. The van der Waals surface area contributed by atoms with Gasteiger partial charge in [0.2, 0.25) is 0 Å². The van der Waals surface area contributed by atoms with Gasteiger partial charge in [0, 0.05) is 30.1 Å². The molecular formula is C15H13N5O3. The molecule has 0 fully saturated rings. The second kappa shape index (κ2) is 6.32. The van der Waals surface area contributed by atoms with Crippen LogP contribution in [0.2, 0.25) is 0 Å². The van der Waals surface area contributed by atoms with Gasteiger partial charge >= 0.3 is 0 Å². The topological polar surface area (TPSA) is 107 Å². The number of aliphatic hydroxyl groups is 1. The lowest BCUT2D eigenvalue weighted by Gasteiger charge is -2.07. The Morgan fingerprint density at radius 3 is 2.43 bits per heavy atom. The van der Waals surface area contributed by atoms with Crippen LogP contribution in [0.5, 0.6) is 0 Å². The molecule has 0 radical (unpaired) electrons. The zero-order chi connectivity index (χ0) is 16.2. The number of pyridine rings is 1. The molecule has 8 heteroatoms. The van der Waals surface area contributed by atoms with E-state index in [1.54, 1.807) is 29.2 Å². The average molecular weight is 311 g/mol. The Hall–Kier alpha value is -3.13. The van der Waals surface area contributed by atoms with E-state index in [0.29, 0.717) is 17.9 Å². The van der Waals surface area contributed by atoms with Gasteiger partial charge in [-0.05, 0) is 17.7 Å². The summed E-state index contributed by atoms with van der Waals surface area (Å²) in [6.45, 7) is 0.167. The molecule has 23 heavy (non-hydrogen) atoms. The fraction of sp³-hybridized carbons (Fsp3) is 0.133. The van der Waals surface area contributed by atoms with Crippen molar-refractivity contribution in [2.24, 2.45) is 0 Å². The summed E-state index contributed by atoms with van der Waals surface area (Å²) in [6.07, 6.45) is 3.30. The predicted molar refractivity (Wildman–Crippen MR) is 81.4 cm³/mol. The van der Waals surface area contributed by atoms with E-state index in [1.807, 2.05) is 12.1 Å². The fourth-order valence-electron chi connectivity index (χ4n) is 2.29. The Balaban J connectivity index is 1.94. The summed E-state index contributed by atoms with van der Waals surface area (Å²) < 4.78 is 1.65. The molecule has 0 amide bonds.